The molecule has 4 heteroatoms. The zero-order chi connectivity index (χ0) is 17.2. The fourth-order valence-electron chi connectivity index (χ4n) is 3.46. The van der Waals surface area contributed by atoms with E-state index < -0.39 is 23.2 Å². The van der Waals surface area contributed by atoms with Gasteiger partial charge in [-0.2, -0.15) is 0 Å². The summed E-state index contributed by atoms with van der Waals surface area (Å²) in [6, 6.07) is 17.8. The maximum atomic E-state index is 13.1. The minimum Gasteiger partial charge on any atom is -0.465 e. The summed E-state index contributed by atoms with van der Waals surface area (Å²) >= 11 is 0. The van der Waals surface area contributed by atoms with Crippen molar-refractivity contribution in [2.45, 2.75) is 12.8 Å². The van der Waals surface area contributed by atoms with Gasteiger partial charge in [0, 0.05) is 17.4 Å². The van der Waals surface area contributed by atoms with Crippen molar-refractivity contribution in [3.8, 4) is 0 Å². The van der Waals surface area contributed by atoms with Crippen LogP contribution in [0.15, 0.2) is 60.7 Å². The van der Waals surface area contributed by atoms with Crippen LogP contribution in [0.5, 0.6) is 0 Å². The van der Waals surface area contributed by atoms with Crippen molar-refractivity contribution in [3.63, 3.8) is 0 Å². The van der Waals surface area contributed by atoms with Crippen molar-refractivity contribution in [2.24, 2.45) is 11.3 Å². The van der Waals surface area contributed by atoms with Crippen LogP contribution in [0.3, 0.4) is 0 Å². The number of Topliss-reactive ketones (excluding diaryl/α,β-unsaturated/α-hetero) is 1. The maximum absolute atomic E-state index is 13.1. The van der Waals surface area contributed by atoms with Gasteiger partial charge < -0.3 is 9.53 Å². The van der Waals surface area contributed by atoms with E-state index in [4.69, 9.17) is 4.74 Å². The molecule has 1 aliphatic carbocycles. The van der Waals surface area contributed by atoms with Crippen molar-refractivity contribution in [2.75, 3.05) is 6.61 Å². The number of esters is 1. The van der Waals surface area contributed by atoms with Crippen molar-refractivity contribution >= 4 is 18.0 Å². The molecular weight excluding hydrogens is 304 g/mol. The molecule has 0 N–H and O–H groups in total. The maximum Gasteiger partial charge on any atom is 0.321 e. The van der Waals surface area contributed by atoms with Gasteiger partial charge >= 0.3 is 5.97 Å². The second-order valence-corrected chi connectivity index (χ2v) is 5.83. The molecule has 1 saturated carbocycles. The lowest BCUT2D eigenvalue weighted by molar-refractivity contribution is -0.148. The first-order valence-corrected chi connectivity index (χ1v) is 7.95. The van der Waals surface area contributed by atoms with Crippen molar-refractivity contribution in [1.29, 1.82) is 0 Å². The molecule has 0 heterocycles. The molecule has 0 aliphatic heterocycles. The SMILES string of the molecule is CCOC(=O)[C@]1(C(=O)c2ccccc2)[C@H](C=O)[C@H]1c1ccccc1. The molecule has 0 spiro atoms. The lowest BCUT2D eigenvalue weighted by Gasteiger charge is -2.15. The highest BCUT2D eigenvalue weighted by Gasteiger charge is 2.75. The molecule has 0 aromatic heterocycles. The summed E-state index contributed by atoms with van der Waals surface area (Å²) in [5.41, 5.74) is -0.247. The Hall–Kier alpha value is -2.75. The number of ether oxygens (including phenoxy) is 1. The Morgan fingerprint density at radius 1 is 1.04 bits per heavy atom. The topological polar surface area (TPSA) is 60.4 Å². The molecule has 0 bridgehead atoms. The van der Waals surface area contributed by atoms with E-state index >= 15 is 0 Å². The fraction of sp³-hybridized carbons (Fsp3) is 0.250. The smallest absolute Gasteiger partial charge is 0.321 e. The minimum atomic E-state index is -1.46. The molecule has 0 radical (unpaired) electrons. The molecule has 1 fully saturated rings. The number of rotatable bonds is 6. The Morgan fingerprint density at radius 3 is 2.17 bits per heavy atom. The first-order valence-electron chi connectivity index (χ1n) is 7.95. The summed E-state index contributed by atoms with van der Waals surface area (Å²) in [5, 5.41) is 0. The molecule has 0 unspecified atom stereocenters. The van der Waals surface area contributed by atoms with E-state index in [1.54, 1.807) is 37.3 Å². The van der Waals surface area contributed by atoms with Gasteiger partial charge in [0.2, 0.25) is 0 Å². The van der Waals surface area contributed by atoms with Gasteiger partial charge in [0.05, 0.1) is 6.61 Å². The van der Waals surface area contributed by atoms with Crippen LogP contribution < -0.4 is 0 Å². The summed E-state index contributed by atoms with van der Waals surface area (Å²) < 4.78 is 5.18. The van der Waals surface area contributed by atoms with Crippen molar-refractivity contribution < 1.29 is 19.1 Å². The molecule has 0 amide bonds. The molecule has 2 aromatic carbocycles. The van der Waals surface area contributed by atoms with Gasteiger partial charge in [-0.25, -0.2) is 0 Å². The van der Waals surface area contributed by atoms with E-state index in [1.807, 2.05) is 30.3 Å². The highest BCUT2D eigenvalue weighted by Crippen LogP contribution is 2.66. The number of carbonyl (C=O) groups is 3. The Labute approximate surface area is 140 Å². The third-order valence-electron chi connectivity index (χ3n) is 4.60. The Morgan fingerprint density at radius 2 is 1.62 bits per heavy atom. The van der Waals surface area contributed by atoms with Crippen LogP contribution >= 0.6 is 0 Å². The number of hydrogen-bond donors (Lipinski definition) is 0. The van der Waals surface area contributed by atoms with Gasteiger partial charge in [0.25, 0.3) is 0 Å². The monoisotopic (exact) mass is 322 g/mol. The van der Waals surface area contributed by atoms with Crippen molar-refractivity contribution in [3.05, 3.63) is 71.8 Å². The van der Waals surface area contributed by atoms with E-state index in [2.05, 4.69) is 0 Å². The second-order valence-electron chi connectivity index (χ2n) is 5.83. The summed E-state index contributed by atoms with van der Waals surface area (Å²) in [4.78, 5) is 37.5. The van der Waals surface area contributed by atoms with E-state index in [-0.39, 0.29) is 12.4 Å². The van der Waals surface area contributed by atoms with Crippen LogP contribution in [0.1, 0.15) is 28.8 Å². The second kappa shape index (κ2) is 6.40. The third kappa shape index (κ3) is 2.35. The third-order valence-corrected chi connectivity index (χ3v) is 4.60. The predicted octanol–water partition coefficient (Wildman–Crippen LogP) is 3.03. The van der Waals surface area contributed by atoms with Gasteiger partial charge in [0.15, 0.2) is 5.78 Å². The number of benzene rings is 2. The van der Waals surface area contributed by atoms with Crippen LogP contribution in [-0.4, -0.2) is 24.6 Å². The normalized spacial score (nSPS) is 24.9. The molecule has 1 aliphatic rings. The lowest BCUT2D eigenvalue weighted by Crippen LogP contribution is -2.32. The quantitative estimate of drug-likeness (QED) is 0.355. The van der Waals surface area contributed by atoms with Crippen molar-refractivity contribution in [1.82, 2.24) is 0 Å². The van der Waals surface area contributed by atoms with Crippen LogP contribution in [0.4, 0.5) is 0 Å². The summed E-state index contributed by atoms with van der Waals surface area (Å²) in [6.07, 6.45) is 0.704. The molecule has 3 rings (SSSR count). The van der Waals surface area contributed by atoms with Gasteiger partial charge in [-0.15, -0.1) is 0 Å². The Bertz CT molecular complexity index is 754. The van der Waals surface area contributed by atoms with Gasteiger partial charge in [0.1, 0.15) is 11.7 Å². The van der Waals surface area contributed by atoms with Crippen LogP contribution in [0.25, 0.3) is 0 Å². The standard InChI is InChI=1S/C20H18O4/c1-2-24-19(23)20(18(22)15-11-7-4-8-12-15)16(13-21)17(20)14-9-5-3-6-10-14/h3-13,16-17H,2H2,1H3/t16-,17-,20-/m1/s1. The lowest BCUT2D eigenvalue weighted by atomic mass is 9.89. The molecule has 0 saturated heterocycles. The zero-order valence-corrected chi connectivity index (χ0v) is 13.3. The average Bonchev–Trinajstić information content (AvgIpc) is 3.33. The Kier molecular flexibility index (Phi) is 4.30. The van der Waals surface area contributed by atoms with Gasteiger partial charge in [-0.3, -0.25) is 9.59 Å². The van der Waals surface area contributed by atoms with E-state index in [9.17, 15) is 14.4 Å². The molecule has 24 heavy (non-hydrogen) atoms. The number of ketones is 1. The van der Waals surface area contributed by atoms with E-state index in [0.717, 1.165) is 5.56 Å². The van der Waals surface area contributed by atoms with Gasteiger partial charge in [-0.1, -0.05) is 60.7 Å². The minimum absolute atomic E-state index is 0.162. The first kappa shape index (κ1) is 16.1. The first-order chi connectivity index (χ1) is 11.7. The van der Waals surface area contributed by atoms with Crippen LogP contribution in [0, 0.1) is 11.3 Å². The fourth-order valence-corrected chi connectivity index (χ4v) is 3.46. The number of carbonyl (C=O) groups excluding carboxylic acids is 3. The largest absolute Gasteiger partial charge is 0.465 e. The molecule has 122 valence electrons. The Balaban J connectivity index is 2.09. The zero-order valence-electron chi connectivity index (χ0n) is 13.3. The number of aldehydes is 1. The molecule has 3 atom stereocenters. The summed E-state index contributed by atoms with van der Waals surface area (Å²) in [7, 11) is 0. The van der Waals surface area contributed by atoms with Gasteiger partial charge in [-0.05, 0) is 12.5 Å². The summed E-state index contributed by atoms with van der Waals surface area (Å²) in [6.45, 7) is 1.85. The van der Waals surface area contributed by atoms with Crippen LogP contribution in [0.2, 0.25) is 0 Å². The summed E-state index contributed by atoms with van der Waals surface area (Å²) in [5.74, 6) is -2.16. The van der Waals surface area contributed by atoms with Crippen LogP contribution in [-0.2, 0) is 14.3 Å². The molecular formula is C20H18O4. The molecule has 4 nitrogen and oxygen atoms in total. The van der Waals surface area contributed by atoms with E-state index in [0.29, 0.717) is 11.8 Å². The highest BCUT2D eigenvalue weighted by molar-refractivity contribution is 6.19. The number of hydrogen-bond acceptors (Lipinski definition) is 4. The predicted molar refractivity (Wildman–Crippen MR) is 88.6 cm³/mol. The highest BCUT2D eigenvalue weighted by atomic mass is 16.5. The van der Waals surface area contributed by atoms with E-state index in [1.165, 1.54) is 0 Å². The average molecular weight is 322 g/mol. The molecule has 2 aromatic rings.